The zero-order valence-electron chi connectivity index (χ0n) is 41.3. The van der Waals surface area contributed by atoms with Crippen molar-refractivity contribution in [2.24, 2.45) is 0 Å². The highest BCUT2D eigenvalue weighted by molar-refractivity contribution is 5.71. The second-order valence-electron chi connectivity index (χ2n) is 17.0. The molecule has 1 N–H and O–H groups in total. The summed E-state index contributed by atoms with van der Waals surface area (Å²) >= 11 is 0. The number of hydrogen-bond donors (Lipinski definition) is 1. The van der Waals surface area contributed by atoms with E-state index in [1.54, 1.807) is 0 Å². The topological polar surface area (TPSA) is 108 Å². The van der Waals surface area contributed by atoms with Gasteiger partial charge in [0.2, 0.25) is 0 Å². The van der Waals surface area contributed by atoms with E-state index < -0.39 is 24.3 Å². The quantitative estimate of drug-likeness (QED) is 0.0212. The molecule has 0 saturated heterocycles. The average molecular weight is 905 g/mol. The summed E-state index contributed by atoms with van der Waals surface area (Å²) in [6.07, 6.45) is 61.2. The van der Waals surface area contributed by atoms with Crippen LogP contribution >= 0.6 is 0 Å². The Bertz CT molecular complexity index is 1470. The molecule has 9 nitrogen and oxygen atoms in total. The number of hydrogen-bond acceptors (Lipinski definition) is 7. The summed E-state index contributed by atoms with van der Waals surface area (Å²) in [4.78, 5) is 37.3. The van der Waals surface area contributed by atoms with Crippen molar-refractivity contribution in [1.82, 2.24) is 0 Å². The fourth-order valence-corrected chi connectivity index (χ4v) is 5.95. The number of nitrogens with zero attached hydrogens (tertiary/aromatic N) is 1. The standard InChI is InChI=1S/C56H89NO8/c1-6-8-10-12-14-16-18-20-22-24-26-27-29-31-33-35-37-39-41-43-45-47-54(59)65-52(51-64-56(55(60)61)62-49-48-57(3,4)5)50-63-53(58)46-44-42-40-38-36-34-32-30-28-25-23-21-19-17-15-13-11-9-7-2/h8-11,14-17,20-23,26-28,30-31,33,37,39,52,56H,6-7,12-13,18-19,24-25,29,32,34-36,38,40-51H2,1-5H3/p+1/b10-8-,11-9-,16-14-,17-15-,22-20-,23-21-,27-26-,30-28-,33-31-,39-37-. The van der Waals surface area contributed by atoms with Crippen LogP contribution in [-0.4, -0.2) is 87.4 Å². The van der Waals surface area contributed by atoms with Gasteiger partial charge in [0, 0.05) is 12.8 Å². The van der Waals surface area contributed by atoms with Gasteiger partial charge in [-0.3, -0.25) is 9.59 Å². The highest BCUT2D eigenvalue weighted by atomic mass is 16.7. The van der Waals surface area contributed by atoms with E-state index in [0.717, 1.165) is 116 Å². The zero-order chi connectivity index (χ0) is 47.7. The smallest absolute Gasteiger partial charge is 0.361 e. The minimum Gasteiger partial charge on any atom is -0.477 e. The second-order valence-corrected chi connectivity index (χ2v) is 17.0. The number of rotatable bonds is 43. The van der Waals surface area contributed by atoms with Gasteiger partial charge < -0.3 is 28.5 Å². The minimum absolute atomic E-state index is 0.169. The largest absolute Gasteiger partial charge is 0.477 e. The number of likely N-dealkylation sites (N-methyl/N-ethyl adjacent to an activating group) is 1. The van der Waals surface area contributed by atoms with Crippen LogP contribution < -0.4 is 0 Å². The summed E-state index contributed by atoms with van der Waals surface area (Å²) in [5, 5.41) is 9.66. The lowest BCUT2D eigenvalue weighted by Crippen LogP contribution is -2.40. The van der Waals surface area contributed by atoms with Gasteiger partial charge in [0.15, 0.2) is 6.10 Å². The summed E-state index contributed by atoms with van der Waals surface area (Å²) in [5.41, 5.74) is 0. The third kappa shape index (κ3) is 47.5. The molecule has 2 unspecified atom stereocenters. The maximum Gasteiger partial charge on any atom is 0.361 e. The van der Waals surface area contributed by atoms with Crippen molar-refractivity contribution in [1.29, 1.82) is 0 Å². The van der Waals surface area contributed by atoms with Crippen LogP contribution in [0.3, 0.4) is 0 Å². The van der Waals surface area contributed by atoms with E-state index in [-0.39, 0.29) is 38.6 Å². The van der Waals surface area contributed by atoms with Gasteiger partial charge in [-0.15, -0.1) is 0 Å². The Balaban J connectivity index is 4.52. The van der Waals surface area contributed by atoms with Crippen LogP contribution in [0.4, 0.5) is 0 Å². The summed E-state index contributed by atoms with van der Waals surface area (Å²) < 4.78 is 22.7. The molecule has 0 aromatic rings. The molecule has 0 aromatic heterocycles. The molecule has 0 bridgehead atoms. The molecule has 0 aliphatic heterocycles. The van der Waals surface area contributed by atoms with E-state index in [2.05, 4.69) is 135 Å². The van der Waals surface area contributed by atoms with E-state index in [1.165, 1.54) is 0 Å². The van der Waals surface area contributed by atoms with Gasteiger partial charge in [0.05, 0.1) is 34.4 Å². The van der Waals surface area contributed by atoms with Crippen LogP contribution in [0.2, 0.25) is 0 Å². The maximum absolute atomic E-state index is 12.8. The van der Waals surface area contributed by atoms with Gasteiger partial charge in [0.1, 0.15) is 13.2 Å². The second kappa shape index (κ2) is 46.2. The highest BCUT2D eigenvalue weighted by Crippen LogP contribution is 2.12. The monoisotopic (exact) mass is 905 g/mol. The molecule has 0 fully saturated rings. The Kier molecular flexibility index (Phi) is 43.2. The number of carbonyl (C=O) groups excluding carboxylic acids is 2. The Morgan fingerprint density at radius 2 is 0.831 bits per heavy atom. The molecular formula is C56H90NO8+. The van der Waals surface area contributed by atoms with Gasteiger partial charge in [-0.25, -0.2) is 4.79 Å². The number of esters is 2. The van der Waals surface area contributed by atoms with E-state index in [0.29, 0.717) is 23.9 Å². The summed E-state index contributed by atoms with van der Waals surface area (Å²) in [6.45, 7) is 4.54. The van der Waals surface area contributed by atoms with Crippen molar-refractivity contribution in [3.63, 3.8) is 0 Å². The number of carboxylic acid groups (broad SMARTS) is 1. The Labute approximate surface area is 396 Å². The molecule has 0 heterocycles. The molecule has 0 amide bonds. The van der Waals surface area contributed by atoms with Crippen molar-refractivity contribution in [3.05, 3.63) is 122 Å². The van der Waals surface area contributed by atoms with Gasteiger partial charge in [-0.2, -0.15) is 0 Å². The van der Waals surface area contributed by atoms with Crippen LogP contribution in [0, 0.1) is 0 Å². The van der Waals surface area contributed by atoms with Crippen LogP contribution in [0.5, 0.6) is 0 Å². The summed E-state index contributed by atoms with van der Waals surface area (Å²) in [7, 11) is 5.93. The van der Waals surface area contributed by atoms with E-state index >= 15 is 0 Å². The normalized spacial score (nSPS) is 13.9. The lowest BCUT2D eigenvalue weighted by molar-refractivity contribution is -0.870. The number of allylic oxidation sites excluding steroid dienone is 20. The lowest BCUT2D eigenvalue weighted by atomic mass is 10.1. The zero-order valence-corrected chi connectivity index (χ0v) is 41.3. The van der Waals surface area contributed by atoms with E-state index in [1.807, 2.05) is 21.1 Å². The predicted octanol–water partition coefficient (Wildman–Crippen LogP) is 13.8. The molecule has 0 spiro atoms. The predicted molar refractivity (Wildman–Crippen MR) is 271 cm³/mol. The molecule has 0 aromatic carbocycles. The van der Waals surface area contributed by atoms with E-state index in [9.17, 15) is 19.5 Å². The Morgan fingerprint density at radius 3 is 1.26 bits per heavy atom. The van der Waals surface area contributed by atoms with Gasteiger partial charge in [-0.05, 0) is 103 Å². The van der Waals surface area contributed by atoms with Crippen molar-refractivity contribution >= 4 is 17.9 Å². The molecule has 65 heavy (non-hydrogen) atoms. The number of quaternary nitrogens is 1. The molecular weight excluding hydrogens is 815 g/mol. The average Bonchev–Trinajstić information content (AvgIpc) is 3.27. The SMILES string of the molecule is CC/C=C\C/C=C\C/C=C\C/C=C\C/C=C\C/C=C\CCCCC(=O)OC(COC(=O)CCCCCCCC/C=C\C/C=C\C/C=C\C/C=C\CC)COC(OCC[N+](C)(C)C)C(=O)O. The Morgan fingerprint density at radius 1 is 0.462 bits per heavy atom. The molecule has 9 heteroatoms. The van der Waals surface area contributed by atoms with Crippen molar-refractivity contribution in [2.75, 3.05) is 47.5 Å². The molecule has 0 radical (unpaired) electrons. The molecule has 0 aliphatic rings. The van der Waals surface area contributed by atoms with Gasteiger partial charge >= 0.3 is 17.9 Å². The summed E-state index contributed by atoms with van der Waals surface area (Å²) in [6, 6.07) is 0. The first-order chi connectivity index (χ1) is 31.6. The highest BCUT2D eigenvalue weighted by Gasteiger charge is 2.25. The Hall–Kier alpha value is -4.31. The first-order valence-electron chi connectivity index (χ1n) is 24.7. The molecule has 0 saturated carbocycles. The van der Waals surface area contributed by atoms with Crippen LogP contribution in [0.15, 0.2) is 122 Å². The number of carboxylic acids is 1. The third-order valence-corrected chi connectivity index (χ3v) is 9.71. The lowest BCUT2D eigenvalue weighted by Gasteiger charge is -2.25. The first kappa shape index (κ1) is 60.7. The third-order valence-electron chi connectivity index (χ3n) is 9.71. The van der Waals surface area contributed by atoms with E-state index in [4.69, 9.17) is 18.9 Å². The minimum atomic E-state index is -1.53. The molecule has 0 aliphatic carbocycles. The van der Waals surface area contributed by atoms with Crippen molar-refractivity contribution < 1.29 is 42.9 Å². The first-order valence-corrected chi connectivity index (χ1v) is 24.7. The van der Waals surface area contributed by atoms with Crippen molar-refractivity contribution in [3.8, 4) is 0 Å². The number of aliphatic carboxylic acids is 1. The molecule has 0 rings (SSSR count). The number of ether oxygens (including phenoxy) is 4. The maximum atomic E-state index is 12.8. The number of unbranched alkanes of at least 4 members (excludes halogenated alkanes) is 8. The fourth-order valence-electron chi connectivity index (χ4n) is 5.95. The van der Waals surface area contributed by atoms with Crippen molar-refractivity contribution in [2.45, 2.75) is 167 Å². The van der Waals surface area contributed by atoms with Gasteiger partial charge in [-0.1, -0.05) is 161 Å². The number of carbonyl (C=O) groups is 3. The molecule has 2 atom stereocenters. The van der Waals surface area contributed by atoms with Crippen LogP contribution in [0.1, 0.15) is 155 Å². The van der Waals surface area contributed by atoms with Crippen LogP contribution in [-0.2, 0) is 33.3 Å². The fraction of sp³-hybridized carbons (Fsp3) is 0.589. The van der Waals surface area contributed by atoms with Gasteiger partial charge in [0.25, 0.3) is 6.29 Å². The van der Waals surface area contributed by atoms with Crippen LogP contribution in [0.25, 0.3) is 0 Å². The summed E-state index contributed by atoms with van der Waals surface area (Å²) in [5.74, 6) is -2.11. The molecule has 366 valence electrons.